The van der Waals surface area contributed by atoms with E-state index in [0.717, 1.165) is 30.9 Å². The Labute approximate surface area is 149 Å². The van der Waals surface area contributed by atoms with Crippen molar-refractivity contribution in [2.45, 2.75) is 38.1 Å². The lowest BCUT2D eigenvalue weighted by Crippen LogP contribution is -2.46. The summed E-state index contributed by atoms with van der Waals surface area (Å²) < 4.78 is 2.14. The molecule has 8 heteroatoms. The summed E-state index contributed by atoms with van der Waals surface area (Å²) in [6.45, 7) is 2.03. The number of carbonyl (C=O) groups is 2. The number of imidazole rings is 1. The molecule has 1 saturated heterocycles. The van der Waals surface area contributed by atoms with E-state index < -0.39 is 11.3 Å². The highest BCUT2D eigenvalue weighted by atomic mass is 32.1. The molecule has 0 atom stereocenters. The van der Waals surface area contributed by atoms with Gasteiger partial charge in [-0.2, -0.15) is 0 Å². The Balaban J connectivity index is 1.40. The van der Waals surface area contributed by atoms with Crippen LogP contribution < -0.4 is 5.73 Å². The predicted octanol–water partition coefficient (Wildman–Crippen LogP) is 1.36. The molecule has 2 aromatic heterocycles. The van der Waals surface area contributed by atoms with E-state index in [4.69, 9.17) is 5.73 Å². The van der Waals surface area contributed by atoms with Gasteiger partial charge in [0.2, 0.25) is 11.8 Å². The number of hydrogen-bond acceptors (Lipinski definition) is 5. The van der Waals surface area contributed by atoms with Gasteiger partial charge in [0.25, 0.3) is 0 Å². The van der Waals surface area contributed by atoms with Gasteiger partial charge in [0, 0.05) is 36.8 Å². The van der Waals surface area contributed by atoms with Gasteiger partial charge in [-0.1, -0.05) is 0 Å². The molecule has 0 aromatic carbocycles. The number of likely N-dealkylation sites (tertiary alicyclic amines) is 1. The van der Waals surface area contributed by atoms with Gasteiger partial charge >= 0.3 is 0 Å². The second-order valence-electron chi connectivity index (χ2n) is 6.91. The van der Waals surface area contributed by atoms with Crippen LogP contribution in [0.3, 0.4) is 0 Å². The highest BCUT2D eigenvalue weighted by molar-refractivity contribution is 7.07. The Morgan fingerprint density at radius 1 is 1.28 bits per heavy atom. The van der Waals surface area contributed by atoms with E-state index in [-0.39, 0.29) is 5.91 Å². The number of nitrogens with two attached hydrogens (primary N) is 1. The first kappa shape index (κ1) is 16.3. The molecular formula is C17H21N5O2S. The summed E-state index contributed by atoms with van der Waals surface area (Å²) in [7, 11) is 0. The molecule has 0 spiro atoms. The van der Waals surface area contributed by atoms with Crippen LogP contribution in [0.4, 0.5) is 0 Å². The van der Waals surface area contributed by atoms with Gasteiger partial charge in [-0.25, -0.2) is 9.97 Å². The van der Waals surface area contributed by atoms with E-state index in [1.54, 1.807) is 11.3 Å². The summed E-state index contributed by atoms with van der Waals surface area (Å²) in [6.07, 6.45) is 6.71. The lowest BCUT2D eigenvalue weighted by atomic mass is 9.94. The quantitative estimate of drug-likeness (QED) is 0.816. The summed E-state index contributed by atoms with van der Waals surface area (Å²) in [6, 6.07) is 0. The number of rotatable bonds is 5. The fraction of sp³-hybridized carbons (Fsp3) is 0.529. The van der Waals surface area contributed by atoms with Crippen molar-refractivity contribution >= 4 is 23.2 Å². The number of hydrogen-bond donors (Lipinski definition) is 1. The van der Waals surface area contributed by atoms with Crippen LogP contribution in [0.15, 0.2) is 23.3 Å². The Kier molecular flexibility index (Phi) is 4.07. The molecular weight excluding hydrogens is 338 g/mol. The minimum Gasteiger partial charge on any atom is -0.369 e. The molecule has 4 rings (SSSR count). The topological polar surface area (TPSA) is 94.1 Å². The van der Waals surface area contributed by atoms with E-state index >= 15 is 0 Å². The van der Waals surface area contributed by atoms with Crippen LogP contribution in [0.5, 0.6) is 0 Å². The van der Waals surface area contributed by atoms with Crippen LogP contribution in [0.2, 0.25) is 0 Å². The molecule has 0 unspecified atom stereocenters. The number of amides is 2. The summed E-state index contributed by atoms with van der Waals surface area (Å²) in [5.41, 5.74) is 7.39. The summed E-state index contributed by atoms with van der Waals surface area (Å²) >= 11 is 1.59. The molecule has 0 radical (unpaired) electrons. The van der Waals surface area contributed by atoms with Gasteiger partial charge < -0.3 is 15.2 Å². The standard InChI is InChI=1S/C17H21N5O2S/c18-15(23)17(3-4-17)16(24)21-6-1-12(2-7-21)14-19-5-8-22(14)9-13-10-25-11-20-13/h5,8,10-12H,1-4,6-7,9H2,(H2,18,23). The predicted molar refractivity (Wildman–Crippen MR) is 92.9 cm³/mol. The Hall–Kier alpha value is -2.22. The number of piperidine rings is 1. The van der Waals surface area contributed by atoms with Crippen molar-refractivity contribution in [3.63, 3.8) is 0 Å². The molecule has 1 aliphatic heterocycles. The van der Waals surface area contributed by atoms with E-state index in [9.17, 15) is 9.59 Å². The van der Waals surface area contributed by atoms with E-state index in [1.165, 1.54) is 0 Å². The summed E-state index contributed by atoms with van der Waals surface area (Å²) in [5, 5.41) is 2.05. The van der Waals surface area contributed by atoms with Gasteiger partial charge in [-0.15, -0.1) is 11.3 Å². The molecule has 2 N–H and O–H groups in total. The molecule has 2 fully saturated rings. The van der Waals surface area contributed by atoms with Crippen LogP contribution >= 0.6 is 11.3 Å². The third kappa shape index (κ3) is 2.95. The van der Waals surface area contributed by atoms with Gasteiger partial charge in [-0.05, 0) is 25.7 Å². The second kappa shape index (κ2) is 6.25. The largest absolute Gasteiger partial charge is 0.369 e. The molecule has 2 amide bonds. The number of primary amides is 1. The van der Waals surface area contributed by atoms with E-state index in [2.05, 4.69) is 14.5 Å². The van der Waals surface area contributed by atoms with E-state index in [0.29, 0.717) is 31.8 Å². The number of carbonyl (C=O) groups excluding carboxylic acids is 2. The molecule has 1 saturated carbocycles. The smallest absolute Gasteiger partial charge is 0.238 e. The van der Waals surface area contributed by atoms with Gasteiger partial charge in [-0.3, -0.25) is 9.59 Å². The molecule has 25 heavy (non-hydrogen) atoms. The monoisotopic (exact) mass is 359 g/mol. The van der Waals surface area contributed by atoms with E-state index in [1.807, 2.05) is 28.2 Å². The van der Waals surface area contributed by atoms with Crippen molar-refractivity contribution in [1.29, 1.82) is 0 Å². The fourth-order valence-electron chi connectivity index (χ4n) is 3.64. The highest BCUT2D eigenvalue weighted by Crippen LogP contribution is 2.47. The van der Waals surface area contributed by atoms with Crippen molar-refractivity contribution in [3.8, 4) is 0 Å². The molecule has 132 valence electrons. The molecule has 2 aromatic rings. The molecule has 1 aliphatic carbocycles. The minimum atomic E-state index is -0.907. The number of thiazole rings is 1. The van der Waals surface area contributed by atoms with Gasteiger partial charge in [0.05, 0.1) is 17.7 Å². The number of aromatic nitrogens is 3. The summed E-state index contributed by atoms with van der Waals surface area (Å²) in [4.78, 5) is 34.8. The Bertz CT molecular complexity index is 773. The Morgan fingerprint density at radius 3 is 2.64 bits per heavy atom. The molecule has 3 heterocycles. The molecule has 7 nitrogen and oxygen atoms in total. The zero-order chi connectivity index (χ0) is 17.4. The zero-order valence-corrected chi connectivity index (χ0v) is 14.7. The molecule has 0 bridgehead atoms. The van der Waals surface area contributed by atoms with Crippen LogP contribution in [-0.2, 0) is 16.1 Å². The average Bonchev–Trinajstić information content (AvgIpc) is 3.05. The highest BCUT2D eigenvalue weighted by Gasteiger charge is 2.57. The second-order valence-corrected chi connectivity index (χ2v) is 7.62. The first-order chi connectivity index (χ1) is 12.1. The first-order valence-corrected chi connectivity index (χ1v) is 9.52. The van der Waals surface area contributed by atoms with Gasteiger partial charge in [0.1, 0.15) is 11.2 Å². The van der Waals surface area contributed by atoms with Crippen molar-refractivity contribution < 1.29 is 9.59 Å². The maximum absolute atomic E-state index is 12.6. The van der Waals surface area contributed by atoms with Crippen molar-refractivity contribution in [3.05, 3.63) is 34.8 Å². The normalized spacial score (nSPS) is 19.8. The lowest BCUT2D eigenvalue weighted by Gasteiger charge is -2.33. The Morgan fingerprint density at radius 2 is 2.04 bits per heavy atom. The maximum atomic E-state index is 12.6. The summed E-state index contributed by atoms with van der Waals surface area (Å²) in [5.74, 6) is 0.820. The van der Waals surface area contributed by atoms with Crippen molar-refractivity contribution in [2.24, 2.45) is 11.1 Å². The third-order valence-corrected chi connectivity index (χ3v) is 5.98. The van der Waals surface area contributed by atoms with Crippen LogP contribution in [0.25, 0.3) is 0 Å². The van der Waals surface area contributed by atoms with Crippen molar-refractivity contribution in [2.75, 3.05) is 13.1 Å². The lowest BCUT2D eigenvalue weighted by molar-refractivity contribution is -0.143. The third-order valence-electron chi connectivity index (χ3n) is 5.34. The first-order valence-electron chi connectivity index (χ1n) is 8.57. The molecule has 2 aliphatic rings. The minimum absolute atomic E-state index is 0.0794. The fourth-order valence-corrected chi connectivity index (χ4v) is 4.19. The van der Waals surface area contributed by atoms with Crippen LogP contribution in [0, 0.1) is 5.41 Å². The average molecular weight is 359 g/mol. The van der Waals surface area contributed by atoms with Crippen LogP contribution in [-0.4, -0.2) is 44.3 Å². The number of nitrogens with zero attached hydrogens (tertiary/aromatic N) is 4. The van der Waals surface area contributed by atoms with Crippen molar-refractivity contribution in [1.82, 2.24) is 19.4 Å². The SMILES string of the molecule is NC(=O)C1(C(=O)N2CCC(c3nccn3Cc3cscn3)CC2)CC1. The maximum Gasteiger partial charge on any atom is 0.238 e. The van der Waals surface area contributed by atoms with Crippen LogP contribution in [0.1, 0.15) is 43.1 Å². The van der Waals surface area contributed by atoms with Gasteiger partial charge in [0.15, 0.2) is 0 Å². The zero-order valence-electron chi connectivity index (χ0n) is 13.9.